The minimum atomic E-state index is -0.693. The summed E-state index contributed by atoms with van der Waals surface area (Å²) in [6, 6.07) is -0.140. The molecule has 15 heavy (non-hydrogen) atoms. The summed E-state index contributed by atoms with van der Waals surface area (Å²) in [6.07, 6.45) is 0. The van der Waals surface area contributed by atoms with Gasteiger partial charge in [0.15, 0.2) is 0 Å². The van der Waals surface area contributed by atoms with Crippen LogP contribution in [0.25, 0.3) is 0 Å². The fourth-order valence-electron chi connectivity index (χ4n) is 1.08. The van der Waals surface area contributed by atoms with Gasteiger partial charge in [-0.3, -0.25) is 14.9 Å². The highest BCUT2D eigenvalue weighted by atomic mass is 32.2. The first-order valence-corrected chi connectivity index (χ1v) is 5.98. The van der Waals surface area contributed by atoms with Crippen molar-refractivity contribution >= 4 is 23.6 Å². The molecule has 1 saturated heterocycles. The van der Waals surface area contributed by atoms with Crippen LogP contribution in [0.4, 0.5) is 0 Å². The second-order valence-corrected chi connectivity index (χ2v) is 5.27. The molecule has 1 heterocycles. The van der Waals surface area contributed by atoms with E-state index in [1.807, 2.05) is 0 Å². The molecule has 1 aliphatic heterocycles. The maximum Gasteiger partial charge on any atom is 0.238 e. The van der Waals surface area contributed by atoms with Crippen molar-refractivity contribution in [3.63, 3.8) is 0 Å². The highest BCUT2D eigenvalue weighted by Crippen LogP contribution is 2.13. The zero-order valence-electron chi connectivity index (χ0n) is 9.00. The van der Waals surface area contributed by atoms with Gasteiger partial charge in [0.1, 0.15) is 0 Å². The first-order valence-electron chi connectivity index (χ1n) is 4.82. The third-order valence-electron chi connectivity index (χ3n) is 2.40. The highest BCUT2D eigenvalue weighted by molar-refractivity contribution is 7.99. The minimum absolute atomic E-state index is 0.0608. The molecule has 0 bridgehead atoms. The molecule has 5 nitrogen and oxygen atoms in total. The van der Waals surface area contributed by atoms with Crippen molar-refractivity contribution in [2.75, 3.05) is 18.2 Å². The number of hydrogen-bond donors (Lipinski definition) is 3. The molecule has 0 aromatic rings. The molecule has 0 aliphatic carbocycles. The van der Waals surface area contributed by atoms with Crippen molar-refractivity contribution in [2.24, 2.45) is 11.1 Å². The second kappa shape index (κ2) is 4.85. The number of nitrogens with two attached hydrogens (primary N) is 1. The topological polar surface area (TPSA) is 84.2 Å². The quantitative estimate of drug-likeness (QED) is 0.596. The average Bonchev–Trinajstić information content (AvgIpc) is 2.66. The van der Waals surface area contributed by atoms with Crippen molar-refractivity contribution in [1.82, 2.24) is 10.6 Å². The molecule has 6 heteroatoms. The molecule has 2 amide bonds. The van der Waals surface area contributed by atoms with Crippen LogP contribution in [-0.4, -0.2) is 36.0 Å². The van der Waals surface area contributed by atoms with Crippen molar-refractivity contribution < 1.29 is 9.59 Å². The third kappa shape index (κ3) is 3.39. The van der Waals surface area contributed by atoms with Crippen molar-refractivity contribution in [3.8, 4) is 0 Å². The second-order valence-electron chi connectivity index (χ2n) is 4.24. The molecule has 1 fully saturated rings. The van der Waals surface area contributed by atoms with E-state index in [0.29, 0.717) is 0 Å². The Kier molecular flexibility index (Phi) is 3.98. The Balaban J connectivity index is 2.36. The number of thioether (sulfide) groups is 1. The summed E-state index contributed by atoms with van der Waals surface area (Å²) in [4.78, 5) is 22.6. The van der Waals surface area contributed by atoms with Gasteiger partial charge in [-0.25, -0.2) is 0 Å². The lowest BCUT2D eigenvalue weighted by Gasteiger charge is -2.21. The van der Waals surface area contributed by atoms with Gasteiger partial charge in [-0.15, -0.1) is 11.8 Å². The van der Waals surface area contributed by atoms with Gasteiger partial charge in [0.25, 0.3) is 0 Å². The van der Waals surface area contributed by atoms with Crippen LogP contribution in [-0.2, 0) is 9.59 Å². The Morgan fingerprint density at radius 2 is 2.27 bits per heavy atom. The maximum atomic E-state index is 11.6. The standard InChI is InChI=1S/C9H17N3O2S/c1-9(2,8(10)14)4-11-7(13)6-3-15-5-12-6/h6,12H,3-5H2,1-2H3,(H2,10,14)(H,11,13)/t6-/m1/s1. The van der Waals surface area contributed by atoms with E-state index >= 15 is 0 Å². The lowest BCUT2D eigenvalue weighted by Crippen LogP contribution is -2.48. The predicted molar refractivity (Wildman–Crippen MR) is 60.2 cm³/mol. The van der Waals surface area contributed by atoms with E-state index < -0.39 is 11.3 Å². The van der Waals surface area contributed by atoms with Gasteiger partial charge in [-0.1, -0.05) is 0 Å². The van der Waals surface area contributed by atoms with Gasteiger partial charge >= 0.3 is 0 Å². The van der Waals surface area contributed by atoms with Crippen LogP contribution < -0.4 is 16.4 Å². The van der Waals surface area contributed by atoms with E-state index in [2.05, 4.69) is 10.6 Å². The van der Waals surface area contributed by atoms with Crippen LogP contribution >= 0.6 is 11.8 Å². The average molecular weight is 231 g/mol. The first-order chi connectivity index (χ1) is 6.93. The fraction of sp³-hybridized carbons (Fsp3) is 0.778. The number of rotatable bonds is 4. The van der Waals surface area contributed by atoms with Crippen LogP contribution in [0.3, 0.4) is 0 Å². The Labute approximate surface area is 93.5 Å². The summed E-state index contributed by atoms with van der Waals surface area (Å²) in [5.74, 6) is 1.12. The molecule has 0 radical (unpaired) electrons. The van der Waals surface area contributed by atoms with Crippen molar-refractivity contribution in [3.05, 3.63) is 0 Å². The molecule has 86 valence electrons. The molecule has 1 rings (SSSR count). The molecular weight excluding hydrogens is 214 g/mol. The Bertz CT molecular complexity index is 262. The summed E-state index contributed by atoms with van der Waals surface area (Å²) in [5, 5.41) is 5.79. The number of carbonyl (C=O) groups is 2. The third-order valence-corrected chi connectivity index (χ3v) is 3.34. The molecule has 0 aromatic carbocycles. The van der Waals surface area contributed by atoms with Crippen molar-refractivity contribution in [1.29, 1.82) is 0 Å². The van der Waals surface area contributed by atoms with Gasteiger partial charge in [0.2, 0.25) is 11.8 Å². The highest BCUT2D eigenvalue weighted by Gasteiger charge is 2.28. The molecule has 4 N–H and O–H groups in total. The van der Waals surface area contributed by atoms with E-state index in [1.165, 1.54) is 0 Å². The lowest BCUT2D eigenvalue weighted by molar-refractivity contribution is -0.127. The van der Waals surface area contributed by atoms with Gasteiger partial charge in [0.05, 0.1) is 11.5 Å². The Hall–Kier alpha value is -0.750. The molecule has 0 spiro atoms. The largest absolute Gasteiger partial charge is 0.369 e. The molecular formula is C9H17N3O2S. The van der Waals surface area contributed by atoms with Gasteiger partial charge in [0, 0.05) is 18.2 Å². The summed E-state index contributed by atoms with van der Waals surface area (Å²) in [6.45, 7) is 3.71. The predicted octanol–water partition coefficient (Wildman–Crippen LogP) is -0.723. The Morgan fingerprint density at radius 1 is 1.60 bits per heavy atom. The maximum absolute atomic E-state index is 11.6. The number of nitrogens with one attached hydrogen (secondary N) is 2. The molecule has 1 aliphatic rings. The zero-order valence-corrected chi connectivity index (χ0v) is 9.82. The molecule has 0 aromatic heterocycles. The van der Waals surface area contributed by atoms with Gasteiger partial charge < -0.3 is 11.1 Å². The van der Waals surface area contributed by atoms with Crippen LogP contribution in [0.15, 0.2) is 0 Å². The van der Waals surface area contributed by atoms with E-state index in [1.54, 1.807) is 25.6 Å². The molecule has 1 atom stereocenters. The van der Waals surface area contributed by atoms with Crippen LogP contribution in [0, 0.1) is 5.41 Å². The van der Waals surface area contributed by atoms with E-state index in [0.717, 1.165) is 11.6 Å². The minimum Gasteiger partial charge on any atom is -0.369 e. The van der Waals surface area contributed by atoms with Crippen LogP contribution in [0.1, 0.15) is 13.8 Å². The molecule has 0 saturated carbocycles. The smallest absolute Gasteiger partial charge is 0.238 e. The van der Waals surface area contributed by atoms with Crippen LogP contribution in [0.2, 0.25) is 0 Å². The number of primary amides is 1. The zero-order chi connectivity index (χ0) is 11.5. The van der Waals surface area contributed by atoms with Gasteiger partial charge in [-0.2, -0.15) is 0 Å². The number of carbonyl (C=O) groups excluding carboxylic acids is 2. The summed E-state index contributed by atoms with van der Waals surface area (Å²) in [5.41, 5.74) is 4.51. The van der Waals surface area contributed by atoms with E-state index in [4.69, 9.17) is 5.73 Å². The lowest BCUT2D eigenvalue weighted by atomic mass is 9.93. The molecule has 0 unspecified atom stereocenters. The fourth-order valence-corrected chi connectivity index (χ4v) is 2.02. The van der Waals surface area contributed by atoms with Crippen LogP contribution in [0.5, 0.6) is 0 Å². The first kappa shape index (κ1) is 12.3. The SMILES string of the molecule is CC(C)(CNC(=O)[C@H]1CSCN1)C(N)=O. The Morgan fingerprint density at radius 3 is 2.73 bits per heavy atom. The van der Waals surface area contributed by atoms with E-state index in [-0.39, 0.29) is 18.5 Å². The van der Waals surface area contributed by atoms with Crippen molar-refractivity contribution in [2.45, 2.75) is 19.9 Å². The van der Waals surface area contributed by atoms with Gasteiger partial charge in [-0.05, 0) is 13.8 Å². The van der Waals surface area contributed by atoms with E-state index in [9.17, 15) is 9.59 Å². The summed E-state index contributed by atoms with van der Waals surface area (Å²) >= 11 is 1.69. The number of hydrogen-bond acceptors (Lipinski definition) is 4. The summed E-state index contributed by atoms with van der Waals surface area (Å²) in [7, 11) is 0. The normalized spacial score (nSPS) is 21.3. The number of amides is 2. The monoisotopic (exact) mass is 231 g/mol. The summed E-state index contributed by atoms with van der Waals surface area (Å²) < 4.78 is 0.